The minimum atomic E-state index is -1.07. The Morgan fingerprint density at radius 2 is 1.60 bits per heavy atom. The van der Waals surface area contributed by atoms with Gasteiger partial charge in [-0.3, -0.25) is 14.6 Å². The summed E-state index contributed by atoms with van der Waals surface area (Å²) in [6.45, 7) is 5.58. The number of nitrogens with zero attached hydrogens (tertiary/aromatic N) is 1. The van der Waals surface area contributed by atoms with Crippen LogP contribution in [0.15, 0.2) is 87.4 Å². The van der Waals surface area contributed by atoms with Crippen LogP contribution >= 0.6 is 0 Å². The highest BCUT2D eigenvalue weighted by molar-refractivity contribution is 6.17. The van der Waals surface area contributed by atoms with Gasteiger partial charge in [-0.25, -0.2) is 4.79 Å². The molecule has 1 aliphatic carbocycles. The molecule has 5 rings (SSSR count). The van der Waals surface area contributed by atoms with Crippen LogP contribution in [0.25, 0.3) is 0 Å². The lowest BCUT2D eigenvalue weighted by atomic mass is 9.63. The highest BCUT2D eigenvalue weighted by Crippen LogP contribution is 2.48. The zero-order chi connectivity index (χ0) is 30.5. The number of rotatable bonds is 10. The Bertz CT molecular complexity index is 1540. The first kappa shape index (κ1) is 29.8. The zero-order valence-corrected chi connectivity index (χ0v) is 24.7. The molecule has 1 aliphatic heterocycles. The molecule has 43 heavy (non-hydrogen) atoms. The zero-order valence-electron chi connectivity index (χ0n) is 24.7. The Balaban J connectivity index is 1.52. The Morgan fingerprint density at radius 1 is 0.907 bits per heavy atom. The van der Waals surface area contributed by atoms with Crippen LogP contribution < -0.4 is 9.47 Å². The molecule has 0 amide bonds. The molecule has 2 heterocycles. The minimum absolute atomic E-state index is 0.123. The number of Topliss-reactive ketones (excluding diaryl/α,β-unsaturated/α-hetero) is 1. The number of aliphatic imine (C=N–C) groups is 1. The van der Waals surface area contributed by atoms with Gasteiger partial charge in [0.1, 0.15) is 35.5 Å². The first-order chi connectivity index (χ1) is 20.9. The van der Waals surface area contributed by atoms with Gasteiger partial charge in [0, 0.05) is 17.3 Å². The molecular formula is C34H35NO8. The molecule has 9 heteroatoms. The fourth-order valence-corrected chi connectivity index (χ4v) is 5.94. The normalized spacial score (nSPS) is 21.5. The van der Waals surface area contributed by atoms with Gasteiger partial charge >= 0.3 is 11.9 Å². The fourth-order valence-electron chi connectivity index (χ4n) is 5.94. The van der Waals surface area contributed by atoms with Gasteiger partial charge in [-0.05, 0) is 69.2 Å². The summed E-state index contributed by atoms with van der Waals surface area (Å²) in [5.74, 6) is -2.55. The van der Waals surface area contributed by atoms with E-state index in [4.69, 9.17) is 28.4 Å². The van der Waals surface area contributed by atoms with Crippen molar-refractivity contribution in [1.82, 2.24) is 0 Å². The van der Waals surface area contributed by atoms with Crippen LogP contribution in [0.5, 0.6) is 11.5 Å². The highest BCUT2D eigenvalue weighted by atomic mass is 16.5. The predicted octanol–water partition coefficient (Wildman–Crippen LogP) is 5.79. The number of carbonyl (C=O) groups is 3. The van der Waals surface area contributed by atoms with E-state index >= 15 is 0 Å². The molecule has 2 aliphatic rings. The molecule has 0 spiro atoms. The number of allylic oxidation sites excluding steroid dienone is 1. The number of furan rings is 1. The minimum Gasteiger partial charge on any atom is -0.497 e. The number of ether oxygens (including phenoxy) is 4. The standard InChI is InChI=1S/C34H35NO8/c1-5-40-33(37)28-20(3)35-26-18-25(21-10-8-7-9-11-21)29(34(38)41-6-2)32(36)30(26)31(28)27-17-16-24(43-27)19-42-23-14-12-22(39-4)13-15-23/h7-17,25,29-31H,5-6,18-19H2,1-4H3. The van der Waals surface area contributed by atoms with Gasteiger partial charge in [-0.1, -0.05) is 30.3 Å². The number of esters is 2. The van der Waals surface area contributed by atoms with E-state index in [1.807, 2.05) is 30.3 Å². The maximum absolute atomic E-state index is 14.4. The third-order valence-corrected chi connectivity index (χ3v) is 7.84. The van der Waals surface area contributed by atoms with E-state index in [-0.39, 0.29) is 31.2 Å². The van der Waals surface area contributed by atoms with Crippen LogP contribution in [0.1, 0.15) is 56.1 Å². The van der Waals surface area contributed by atoms with Crippen LogP contribution in [0.2, 0.25) is 0 Å². The van der Waals surface area contributed by atoms with Gasteiger partial charge in [-0.15, -0.1) is 0 Å². The van der Waals surface area contributed by atoms with E-state index in [0.717, 1.165) is 5.56 Å². The van der Waals surface area contributed by atoms with Gasteiger partial charge in [0.2, 0.25) is 0 Å². The molecule has 9 nitrogen and oxygen atoms in total. The predicted molar refractivity (Wildman–Crippen MR) is 158 cm³/mol. The lowest BCUT2D eigenvalue weighted by molar-refractivity contribution is -0.153. The van der Waals surface area contributed by atoms with Crippen molar-refractivity contribution < 1.29 is 37.7 Å². The molecule has 4 atom stereocenters. The van der Waals surface area contributed by atoms with E-state index < -0.39 is 35.6 Å². The van der Waals surface area contributed by atoms with Gasteiger partial charge in [-0.2, -0.15) is 0 Å². The van der Waals surface area contributed by atoms with Crippen LogP contribution in [0.3, 0.4) is 0 Å². The molecule has 4 unspecified atom stereocenters. The number of fused-ring (bicyclic) bond motifs is 1. The number of hydrogen-bond donors (Lipinski definition) is 0. The lowest BCUT2D eigenvalue weighted by Crippen LogP contribution is -2.48. The quantitative estimate of drug-likeness (QED) is 0.217. The summed E-state index contributed by atoms with van der Waals surface area (Å²) in [7, 11) is 1.59. The lowest BCUT2D eigenvalue weighted by Gasteiger charge is -2.40. The second-order valence-corrected chi connectivity index (χ2v) is 10.4. The van der Waals surface area contributed by atoms with E-state index in [0.29, 0.717) is 40.8 Å². The molecule has 224 valence electrons. The van der Waals surface area contributed by atoms with E-state index in [9.17, 15) is 14.4 Å². The molecule has 0 radical (unpaired) electrons. The van der Waals surface area contributed by atoms with Gasteiger partial charge < -0.3 is 23.4 Å². The molecule has 0 N–H and O–H groups in total. The second kappa shape index (κ2) is 13.1. The Kier molecular flexibility index (Phi) is 9.09. The van der Waals surface area contributed by atoms with Crippen LogP contribution in [-0.4, -0.2) is 43.8 Å². The summed E-state index contributed by atoms with van der Waals surface area (Å²) < 4.78 is 28.1. The summed E-state index contributed by atoms with van der Waals surface area (Å²) in [4.78, 5) is 45.8. The summed E-state index contributed by atoms with van der Waals surface area (Å²) >= 11 is 0. The molecule has 0 saturated heterocycles. The van der Waals surface area contributed by atoms with Crippen molar-refractivity contribution >= 4 is 23.4 Å². The molecule has 1 aromatic heterocycles. The van der Waals surface area contributed by atoms with Crippen molar-refractivity contribution in [3.05, 3.63) is 95.1 Å². The van der Waals surface area contributed by atoms with Gasteiger partial charge in [0.15, 0.2) is 5.78 Å². The highest BCUT2D eigenvalue weighted by Gasteiger charge is 2.53. The number of methoxy groups -OCH3 is 1. The molecule has 0 bridgehead atoms. The van der Waals surface area contributed by atoms with Crippen molar-refractivity contribution in [2.75, 3.05) is 20.3 Å². The Morgan fingerprint density at radius 3 is 2.28 bits per heavy atom. The molecule has 1 saturated carbocycles. The average molecular weight is 586 g/mol. The summed E-state index contributed by atoms with van der Waals surface area (Å²) in [6.07, 6.45) is 0.349. The summed E-state index contributed by atoms with van der Waals surface area (Å²) in [6, 6.07) is 20.1. The van der Waals surface area contributed by atoms with Crippen LogP contribution in [0.4, 0.5) is 0 Å². The van der Waals surface area contributed by atoms with Gasteiger partial charge in [0.05, 0.1) is 37.7 Å². The average Bonchev–Trinajstić information content (AvgIpc) is 3.49. The molecule has 1 fully saturated rings. The topological polar surface area (TPSA) is 114 Å². The number of hydrogen-bond acceptors (Lipinski definition) is 9. The SMILES string of the molecule is CCOC(=O)C1=C(C)N=C2CC(c3ccccc3)C(C(=O)OCC)C(=O)C2C1c1ccc(COc2ccc(OC)cc2)o1. The molecule has 3 aromatic rings. The third-order valence-electron chi connectivity index (χ3n) is 7.84. The monoisotopic (exact) mass is 585 g/mol. The van der Waals surface area contributed by atoms with E-state index in [2.05, 4.69) is 0 Å². The van der Waals surface area contributed by atoms with Crippen molar-refractivity contribution in [3.8, 4) is 11.5 Å². The van der Waals surface area contributed by atoms with Crippen molar-refractivity contribution in [1.29, 1.82) is 0 Å². The fraction of sp³-hybridized carbons (Fsp3) is 0.353. The van der Waals surface area contributed by atoms with E-state index in [1.165, 1.54) is 0 Å². The first-order valence-electron chi connectivity index (χ1n) is 14.4. The second-order valence-electron chi connectivity index (χ2n) is 10.4. The van der Waals surface area contributed by atoms with Crippen molar-refractivity contribution in [3.63, 3.8) is 0 Å². The van der Waals surface area contributed by atoms with Crippen LogP contribution in [-0.2, 0) is 30.5 Å². The molecule has 2 aromatic carbocycles. The maximum Gasteiger partial charge on any atom is 0.336 e. The van der Waals surface area contributed by atoms with Crippen molar-refractivity contribution in [2.45, 2.75) is 45.6 Å². The first-order valence-corrected chi connectivity index (χ1v) is 14.4. The van der Waals surface area contributed by atoms with E-state index in [1.54, 1.807) is 64.3 Å². The number of benzene rings is 2. The Labute approximate surface area is 250 Å². The van der Waals surface area contributed by atoms with Crippen molar-refractivity contribution in [2.24, 2.45) is 16.8 Å². The maximum atomic E-state index is 14.4. The largest absolute Gasteiger partial charge is 0.497 e. The molecular weight excluding hydrogens is 550 g/mol. The Hall–Kier alpha value is -4.66. The number of carbonyl (C=O) groups excluding carboxylic acids is 3. The van der Waals surface area contributed by atoms with Gasteiger partial charge in [0.25, 0.3) is 0 Å². The number of ketones is 1. The third kappa shape index (κ3) is 6.11. The smallest absolute Gasteiger partial charge is 0.336 e. The summed E-state index contributed by atoms with van der Waals surface area (Å²) in [5, 5.41) is 0. The summed E-state index contributed by atoms with van der Waals surface area (Å²) in [5.41, 5.74) is 2.14. The van der Waals surface area contributed by atoms with Crippen LogP contribution in [0, 0.1) is 11.8 Å².